The maximum Gasteiger partial charge on any atom is 0.254 e. The number of halogens is 2. The lowest BCUT2D eigenvalue weighted by Crippen LogP contribution is -2.40. The predicted molar refractivity (Wildman–Crippen MR) is 117 cm³/mol. The number of fused-ring (bicyclic) bond motifs is 1. The summed E-state index contributed by atoms with van der Waals surface area (Å²) < 4.78 is 13.8. The second-order valence-electron chi connectivity index (χ2n) is 7.49. The van der Waals surface area contributed by atoms with Crippen molar-refractivity contribution in [2.45, 2.75) is 44.7 Å². The summed E-state index contributed by atoms with van der Waals surface area (Å²) in [4.78, 5) is 17.0. The van der Waals surface area contributed by atoms with Crippen molar-refractivity contribution in [2.24, 2.45) is 0 Å². The Morgan fingerprint density at radius 1 is 1.00 bits per heavy atom. The zero-order valence-corrected chi connectivity index (χ0v) is 17.1. The molecule has 0 spiro atoms. The Kier molecular flexibility index (Phi) is 6.70. The fourth-order valence-corrected chi connectivity index (χ4v) is 3.92. The van der Waals surface area contributed by atoms with Gasteiger partial charge in [-0.05, 0) is 62.4 Å². The van der Waals surface area contributed by atoms with Crippen molar-refractivity contribution in [1.82, 2.24) is 10.3 Å². The Balaban J connectivity index is 0.00000240. The molecule has 0 radical (unpaired) electrons. The van der Waals surface area contributed by atoms with Crippen LogP contribution in [0, 0.1) is 12.7 Å². The molecule has 1 aliphatic carbocycles. The van der Waals surface area contributed by atoms with Gasteiger partial charge in [-0.3, -0.25) is 4.79 Å². The third kappa shape index (κ3) is 4.85. The lowest BCUT2D eigenvalue weighted by atomic mass is 9.91. The van der Waals surface area contributed by atoms with Gasteiger partial charge in [0.2, 0.25) is 0 Å². The second-order valence-corrected chi connectivity index (χ2v) is 7.49. The highest BCUT2D eigenvalue weighted by atomic mass is 35.5. The summed E-state index contributed by atoms with van der Waals surface area (Å²) in [5.41, 5.74) is 2.31. The molecule has 1 amide bonds. The van der Waals surface area contributed by atoms with E-state index in [1.165, 1.54) is 23.1 Å². The molecule has 1 aromatic heterocycles. The van der Waals surface area contributed by atoms with Crippen molar-refractivity contribution in [3.8, 4) is 0 Å². The minimum Gasteiger partial charge on any atom is -0.367 e. The molecule has 4 nitrogen and oxygen atoms in total. The number of pyridine rings is 1. The minimum absolute atomic E-state index is 0. The number of aromatic nitrogens is 1. The van der Waals surface area contributed by atoms with Crippen molar-refractivity contribution in [1.29, 1.82) is 0 Å². The number of hydrogen-bond donors (Lipinski definition) is 2. The number of para-hydroxylation sites is 1. The van der Waals surface area contributed by atoms with E-state index in [1.807, 2.05) is 18.2 Å². The highest BCUT2D eigenvalue weighted by Crippen LogP contribution is 2.25. The number of hydrogen-bond acceptors (Lipinski definition) is 3. The van der Waals surface area contributed by atoms with Gasteiger partial charge in [-0.2, -0.15) is 0 Å². The molecule has 1 fully saturated rings. The van der Waals surface area contributed by atoms with E-state index in [4.69, 9.17) is 4.98 Å². The zero-order valence-electron chi connectivity index (χ0n) is 16.3. The summed E-state index contributed by atoms with van der Waals surface area (Å²) in [6, 6.07) is 16.7. The van der Waals surface area contributed by atoms with E-state index in [-0.39, 0.29) is 29.9 Å². The van der Waals surface area contributed by atoms with Gasteiger partial charge in [0.25, 0.3) is 5.91 Å². The number of nitrogens with one attached hydrogen (secondary N) is 2. The SMILES string of the molecule is Cc1cc(N[C@H]2CC[C@@H](NC(=O)c3ccccc3F)CC2)nc2ccccc12.Cl. The van der Waals surface area contributed by atoms with Crippen LogP contribution in [0.5, 0.6) is 0 Å². The number of nitrogens with zero attached hydrogens (tertiary/aromatic N) is 1. The fraction of sp³-hybridized carbons (Fsp3) is 0.304. The molecule has 3 aromatic rings. The maximum absolute atomic E-state index is 13.8. The van der Waals surface area contributed by atoms with Crippen LogP contribution < -0.4 is 10.6 Å². The first-order chi connectivity index (χ1) is 13.6. The van der Waals surface area contributed by atoms with E-state index in [0.717, 1.165) is 37.0 Å². The molecule has 0 unspecified atom stereocenters. The number of carbonyl (C=O) groups is 1. The minimum atomic E-state index is -0.479. The Hall–Kier alpha value is -2.66. The van der Waals surface area contributed by atoms with Gasteiger partial charge < -0.3 is 10.6 Å². The molecule has 29 heavy (non-hydrogen) atoms. The van der Waals surface area contributed by atoms with E-state index in [1.54, 1.807) is 12.1 Å². The van der Waals surface area contributed by atoms with E-state index in [0.29, 0.717) is 6.04 Å². The van der Waals surface area contributed by atoms with Gasteiger partial charge in [-0.15, -0.1) is 12.4 Å². The Morgan fingerprint density at radius 3 is 2.41 bits per heavy atom. The maximum atomic E-state index is 13.8. The summed E-state index contributed by atoms with van der Waals surface area (Å²) in [6.45, 7) is 2.10. The average Bonchev–Trinajstić information content (AvgIpc) is 2.70. The van der Waals surface area contributed by atoms with Crippen molar-refractivity contribution >= 4 is 35.0 Å². The molecule has 2 N–H and O–H groups in total. The van der Waals surface area contributed by atoms with Gasteiger partial charge in [0.15, 0.2) is 0 Å². The summed E-state index contributed by atoms with van der Waals surface area (Å²) in [5, 5.41) is 7.69. The number of anilines is 1. The molecule has 0 atom stereocenters. The summed E-state index contributed by atoms with van der Waals surface area (Å²) in [7, 11) is 0. The molecule has 1 saturated carbocycles. The predicted octanol–water partition coefficient (Wildman–Crippen LogP) is 5.26. The standard InChI is InChI=1S/C23H24FN3O.ClH/c1-15-14-22(27-21-9-5-3-6-18(15)21)25-16-10-12-17(13-11-16)26-23(28)19-7-2-4-8-20(19)24;/h2-9,14,16-17H,10-13H2,1H3,(H,25,27)(H,26,28);1H/t16-,17+;. The van der Waals surface area contributed by atoms with Gasteiger partial charge in [-0.25, -0.2) is 9.37 Å². The molecule has 0 bridgehead atoms. The van der Waals surface area contributed by atoms with Crippen molar-refractivity contribution in [2.75, 3.05) is 5.32 Å². The van der Waals surface area contributed by atoms with E-state index >= 15 is 0 Å². The van der Waals surface area contributed by atoms with Crippen LogP contribution in [0.3, 0.4) is 0 Å². The Bertz CT molecular complexity index is 1000. The monoisotopic (exact) mass is 413 g/mol. The number of amides is 1. The first kappa shape index (κ1) is 21.1. The van der Waals surface area contributed by atoms with Crippen LogP contribution in [-0.4, -0.2) is 23.0 Å². The van der Waals surface area contributed by atoms with Crippen LogP contribution in [0.1, 0.15) is 41.6 Å². The first-order valence-electron chi connectivity index (χ1n) is 9.78. The van der Waals surface area contributed by atoms with Gasteiger partial charge in [0.05, 0.1) is 11.1 Å². The fourth-order valence-electron chi connectivity index (χ4n) is 3.92. The largest absolute Gasteiger partial charge is 0.367 e. The molecule has 0 aliphatic heterocycles. The van der Waals surface area contributed by atoms with Gasteiger partial charge in [-0.1, -0.05) is 30.3 Å². The molecule has 2 aromatic carbocycles. The third-order valence-electron chi connectivity index (χ3n) is 5.46. The number of carbonyl (C=O) groups excluding carboxylic acids is 1. The topological polar surface area (TPSA) is 54.0 Å². The van der Waals surface area contributed by atoms with Crippen molar-refractivity contribution < 1.29 is 9.18 Å². The number of benzene rings is 2. The molecule has 1 heterocycles. The zero-order chi connectivity index (χ0) is 19.5. The smallest absolute Gasteiger partial charge is 0.254 e. The second kappa shape index (κ2) is 9.23. The summed E-state index contributed by atoms with van der Waals surface area (Å²) in [6.07, 6.45) is 3.61. The highest BCUT2D eigenvalue weighted by Gasteiger charge is 2.24. The van der Waals surface area contributed by atoms with Gasteiger partial charge >= 0.3 is 0 Å². The van der Waals surface area contributed by atoms with Crippen molar-refractivity contribution in [3.63, 3.8) is 0 Å². The highest BCUT2D eigenvalue weighted by molar-refractivity contribution is 5.94. The van der Waals surface area contributed by atoms with Gasteiger partial charge in [0.1, 0.15) is 11.6 Å². The molecular weight excluding hydrogens is 389 g/mol. The van der Waals surface area contributed by atoms with Crippen LogP contribution >= 0.6 is 12.4 Å². The Morgan fingerprint density at radius 2 is 1.66 bits per heavy atom. The quantitative estimate of drug-likeness (QED) is 0.613. The van der Waals surface area contributed by atoms with Crippen LogP contribution in [0.25, 0.3) is 10.9 Å². The van der Waals surface area contributed by atoms with E-state index < -0.39 is 5.82 Å². The van der Waals surface area contributed by atoms with Crippen LogP contribution in [0.15, 0.2) is 54.6 Å². The molecule has 152 valence electrons. The van der Waals surface area contributed by atoms with Crippen LogP contribution in [-0.2, 0) is 0 Å². The molecule has 4 rings (SSSR count). The number of rotatable bonds is 4. The lowest BCUT2D eigenvalue weighted by molar-refractivity contribution is 0.0922. The first-order valence-corrected chi connectivity index (χ1v) is 9.78. The molecule has 6 heteroatoms. The van der Waals surface area contributed by atoms with E-state index in [9.17, 15) is 9.18 Å². The van der Waals surface area contributed by atoms with Crippen LogP contribution in [0.4, 0.5) is 10.2 Å². The Labute approximate surface area is 176 Å². The van der Waals surface area contributed by atoms with Crippen LogP contribution in [0.2, 0.25) is 0 Å². The van der Waals surface area contributed by atoms with E-state index in [2.05, 4.69) is 29.7 Å². The van der Waals surface area contributed by atoms with Crippen molar-refractivity contribution in [3.05, 3.63) is 71.5 Å². The molecule has 0 saturated heterocycles. The summed E-state index contributed by atoms with van der Waals surface area (Å²) >= 11 is 0. The lowest BCUT2D eigenvalue weighted by Gasteiger charge is -2.30. The molecular formula is C23H25ClFN3O. The normalized spacial score (nSPS) is 18.7. The third-order valence-corrected chi connectivity index (χ3v) is 5.46. The van der Waals surface area contributed by atoms with Gasteiger partial charge in [0, 0.05) is 17.5 Å². The number of aryl methyl sites for hydroxylation is 1. The average molecular weight is 414 g/mol. The summed E-state index contributed by atoms with van der Waals surface area (Å²) in [5.74, 6) is 0.0875. The molecule has 1 aliphatic rings.